The summed E-state index contributed by atoms with van der Waals surface area (Å²) in [5.41, 5.74) is 2.01. The Morgan fingerprint density at radius 3 is 2.06 bits per heavy atom. The van der Waals surface area contributed by atoms with Gasteiger partial charge in [-0.25, -0.2) is 0 Å². The number of carbonyl (C=O) groups excluding carboxylic acids is 7. The second kappa shape index (κ2) is 25.0. The number of esters is 1. The van der Waals surface area contributed by atoms with Crippen molar-refractivity contribution in [1.29, 1.82) is 0 Å². The number of hydrogen-bond acceptors (Lipinski definition) is 11. The van der Waals surface area contributed by atoms with Crippen LogP contribution in [-0.4, -0.2) is 103 Å². The smallest absolute Gasteiger partial charge is 0.310 e. The highest BCUT2D eigenvalue weighted by Gasteiger charge is 2.50. The minimum absolute atomic E-state index is 0.0146. The number of rotatable bonds is 27. The predicted molar refractivity (Wildman–Crippen MR) is 251 cm³/mol. The topological polar surface area (TPSA) is 178 Å². The molecule has 13 nitrogen and oxygen atoms in total. The van der Waals surface area contributed by atoms with Gasteiger partial charge in [-0.2, -0.15) is 0 Å². The van der Waals surface area contributed by atoms with Crippen LogP contribution in [-0.2, 0) is 57.5 Å². The number of amides is 2. The van der Waals surface area contributed by atoms with Gasteiger partial charge in [0.25, 0.3) is 0 Å². The largest absolute Gasteiger partial charge is 0.426 e. The summed E-state index contributed by atoms with van der Waals surface area (Å²) in [6.07, 6.45) is 2.99. The predicted octanol–water partition coefficient (Wildman–Crippen LogP) is 6.50. The number of hydrogen-bond donors (Lipinski definition) is 2. The molecule has 2 aliphatic rings. The molecule has 2 saturated heterocycles. The quantitative estimate of drug-likeness (QED) is 0.0369. The average Bonchev–Trinajstić information content (AvgIpc) is 4.06. The van der Waals surface area contributed by atoms with Crippen LogP contribution in [0.15, 0.2) is 78.9 Å². The third kappa shape index (κ3) is 15.9. The van der Waals surface area contributed by atoms with Gasteiger partial charge in [0.1, 0.15) is 17.1 Å². The van der Waals surface area contributed by atoms with Crippen LogP contribution in [0.4, 0.5) is 0 Å². The lowest BCUT2D eigenvalue weighted by Gasteiger charge is -2.35. The van der Waals surface area contributed by atoms with Crippen molar-refractivity contribution in [2.45, 2.75) is 123 Å². The Labute approximate surface area is 390 Å². The highest BCUT2D eigenvalue weighted by atomic mass is 16.6. The van der Waals surface area contributed by atoms with Gasteiger partial charge in [0, 0.05) is 43.7 Å². The fourth-order valence-corrected chi connectivity index (χ4v) is 8.52. The van der Waals surface area contributed by atoms with Crippen molar-refractivity contribution < 1.29 is 47.8 Å². The molecule has 5 rings (SSSR count). The minimum Gasteiger partial charge on any atom is -0.426 e. The Bertz CT molecular complexity index is 2120. The SMILES string of the molecule is CCC(=O)Oc1ccc(CC2COCCN2CC(=O)C[C@@H](CCc2ccccc2)C(=O)N[C@@H](CC(C)C)C(=O)C[C@@H](Cc2ccccc2)C(=O)N[C@@H](CC(C)C)C(=O)[C@@]2(C)CO2)cc1C=O. The first-order chi connectivity index (χ1) is 31.6. The number of epoxide rings is 1. The number of ether oxygens (including phenoxy) is 3. The Morgan fingerprint density at radius 1 is 0.818 bits per heavy atom. The second-order valence-electron chi connectivity index (χ2n) is 19.0. The van der Waals surface area contributed by atoms with Crippen molar-refractivity contribution in [3.05, 3.63) is 101 Å². The third-order valence-corrected chi connectivity index (χ3v) is 12.4. The highest BCUT2D eigenvalue weighted by Crippen LogP contribution is 2.30. The lowest BCUT2D eigenvalue weighted by atomic mass is 9.87. The van der Waals surface area contributed by atoms with Crippen LogP contribution < -0.4 is 15.4 Å². The number of carbonyl (C=O) groups is 7. The molecule has 0 radical (unpaired) electrons. The summed E-state index contributed by atoms with van der Waals surface area (Å²) >= 11 is 0. The maximum atomic E-state index is 14.5. The number of nitrogens with one attached hydrogen (secondary N) is 2. The maximum Gasteiger partial charge on any atom is 0.310 e. The molecule has 0 aromatic heterocycles. The van der Waals surface area contributed by atoms with Gasteiger partial charge < -0.3 is 24.8 Å². The average molecular weight is 908 g/mol. The zero-order chi connectivity index (χ0) is 47.8. The molecule has 356 valence electrons. The van der Waals surface area contributed by atoms with E-state index in [2.05, 4.69) is 10.6 Å². The van der Waals surface area contributed by atoms with E-state index < -0.39 is 47.3 Å². The molecule has 6 atom stereocenters. The van der Waals surface area contributed by atoms with E-state index in [1.807, 2.05) is 93.3 Å². The Morgan fingerprint density at radius 2 is 1.44 bits per heavy atom. The summed E-state index contributed by atoms with van der Waals surface area (Å²) in [7, 11) is 0. The molecule has 2 amide bonds. The first-order valence-electron chi connectivity index (χ1n) is 23.6. The molecule has 2 fully saturated rings. The summed E-state index contributed by atoms with van der Waals surface area (Å²) in [6.45, 7) is 13.0. The van der Waals surface area contributed by atoms with Crippen LogP contribution in [0, 0.1) is 23.7 Å². The van der Waals surface area contributed by atoms with Crippen LogP contribution >= 0.6 is 0 Å². The van der Waals surface area contributed by atoms with Gasteiger partial charge in [0.15, 0.2) is 17.9 Å². The van der Waals surface area contributed by atoms with E-state index in [1.165, 1.54) is 0 Å². The Kier molecular flexibility index (Phi) is 19.5. The normalized spacial score (nSPS) is 19.0. The van der Waals surface area contributed by atoms with E-state index in [0.717, 1.165) is 16.7 Å². The van der Waals surface area contributed by atoms with Crippen molar-refractivity contribution in [3.8, 4) is 5.75 Å². The standard InChI is InChI=1S/C53H69N3O10/c1-7-49(60)66-48-21-19-39(27-42(48)32-57)28-43-33-64-23-22-56(43)31-44(58)29-40(20-18-37-14-10-8-11-15-37)51(62)54-45(24-35(2)3)47(59)30-41(26-38-16-12-9-13-17-38)52(63)55-46(25-36(4)5)50(61)53(6)34-65-53/h8-17,19,21,27,32,35-36,40-41,43,45-46H,7,18,20,22-26,28-31,33-34H2,1-6H3,(H,54,62)(H,55,63)/t40-,41-,43?,45+,46+,53-/m1/s1. The highest BCUT2D eigenvalue weighted by molar-refractivity contribution is 5.98. The first-order valence-corrected chi connectivity index (χ1v) is 23.6. The van der Waals surface area contributed by atoms with Crippen LogP contribution in [0.1, 0.15) is 107 Å². The number of benzene rings is 3. The van der Waals surface area contributed by atoms with Crippen molar-refractivity contribution in [3.63, 3.8) is 0 Å². The van der Waals surface area contributed by atoms with Gasteiger partial charge >= 0.3 is 5.97 Å². The summed E-state index contributed by atoms with van der Waals surface area (Å²) in [5.74, 6) is -3.10. The van der Waals surface area contributed by atoms with Crippen molar-refractivity contribution in [1.82, 2.24) is 15.5 Å². The third-order valence-electron chi connectivity index (χ3n) is 12.4. The van der Waals surface area contributed by atoms with Gasteiger partial charge in [-0.3, -0.25) is 38.5 Å². The maximum absolute atomic E-state index is 14.5. The van der Waals surface area contributed by atoms with Crippen LogP contribution in [0.25, 0.3) is 0 Å². The molecule has 0 saturated carbocycles. The van der Waals surface area contributed by atoms with Crippen molar-refractivity contribution in [2.24, 2.45) is 23.7 Å². The van der Waals surface area contributed by atoms with Crippen LogP contribution in [0.2, 0.25) is 0 Å². The molecule has 13 heteroatoms. The molecule has 3 aromatic carbocycles. The van der Waals surface area contributed by atoms with Crippen molar-refractivity contribution >= 4 is 41.4 Å². The molecule has 0 bridgehead atoms. The molecule has 2 N–H and O–H groups in total. The number of ketones is 3. The van der Waals surface area contributed by atoms with Crippen molar-refractivity contribution in [2.75, 3.05) is 32.9 Å². The molecular weight excluding hydrogens is 839 g/mol. The molecule has 0 aliphatic carbocycles. The van der Waals surface area contributed by atoms with E-state index in [9.17, 15) is 33.6 Å². The molecule has 1 unspecified atom stereocenters. The van der Waals surface area contributed by atoms with E-state index in [4.69, 9.17) is 14.2 Å². The molecule has 0 spiro atoms. The second-order valence-corrected chi connectivity index (χ2v) is 19.0. The first kappa shape index (κ1) is 51.6. The molecule has 66 heavy (non-hydrogen) atoms. The fraction of sp³-hybridized carbons (Fsp3) is 0.528. The zero-order valence-electron chi connectivity index (χ0n) is 39.6. The molecule has 2 heterocycles. The minimum atomic E-state index is -0.935. The van der Waals surface area contributed by atoms with E-state index in [0.29, 0.717) is 64.8 Å². The van der Waals surface area contributed by atoms with E-state index in [1.54, 1.807) is 32.0 Å². The van der Waals surface area contributed by atoms with Gasteiger partial charge in [0.2, 0.25) is 11.8 Å². The molecule has 3 aromatic rings. The monoisotopic (exact) mass is 907 g/mol. The van der Waals surface area contributed by atoms with E-state index in [-0.39, 0.29) is 78.8 Å². The van der Waals surface area contributed by atoms with Crippen LogP contribution in [0.3, 0.4) is 0 Å². The van der Waals surface area contributed by atoms with Gasteiger partial charge in [-0.15, -0.1) is 0 Å². The van der Waals surface area contributed by atoms with Crippen LogP contribution in [0.5, 0.6) is 5.75 Å². The number of Topliss-reactive ketones (excluding diaryl/α,β-unsaturated/α-hetero) is 3. The van der Waals surface area contributed by atoms with E-state index >= 15 is 0 Å². The lowest BCUT2D eigenvalue weighted by Crippen LogP contribution is -2.50. The number of aldehydes is 1. The van der Waals surface area contributed by atoms with Gasteiger partial charge in [0.05, 0.1) is 44.0 Å². The Balaban J connectivity index is 1.32. The number of aryl methyl sites for hydroxylation is 1. The molecule has 2 aliphatic heterocycles. The lowest BCUT2D eigenvalue weighted by molar-refractivity contribution is -0.136. The van der Waals surface area contributed by atoms with Gasteiger partial charge in [-0.1, -0.05) is 101 Å². The Hall–Kier alpha value is -5.37. The van der Waals surface area contributed by atoms with Gasteiger partial charge in [-0.05, 0) is 86.1 Å². The number of nitrogens with zero attached hydrogens (tertiary/aromatic N) is 1. The summed E-state index contributed by atoms with van der Waals surface area (Å²) in [5, 5.41) is 6.04. The summed E-state index contributed by atoms with van der Waals surface area (Å²) in [6, 6.07) is 22.4. The summed E-state index contributed by atoms with van der Waals surface area (Å²) in [4.78, 5) is 96.6. The molecular formula is C53H69N3O10. The number of morpholine rings is 1. The summed E-state index contributed by atoms with van der Waals surface area (Å²) < 4.78 is 16.6. The fourth-order valence-electron chi connectivity index (χ4n) is 8.52. The zero-order valence-corrected chi connectivity index (χ0v) is 39.6.